The number of methoxy groups -OCH3 is 1. The fourth-order valence-corrected chi connectivity index (χ4v) is 2.84. The molecule has 132 valence electrons. The second-order valence-electron chi connectivity index (χ2n) is 5.82. The second kappa shape index (κ2) is 6.88. The Morgan fingerprint density at radius 1 is 1.28 bits per heavy atom. The first kappa shape index (κ1) is 16.9. The Bertz CT molecular complexity index is 812. The molecule has 1 aliphatic heterocycles. The number of carbonyl (C=O) groups excluding carboxylic acids is 2. The fourth-order valence-electron chi connectivity index (χ4n) is 2.84. The van der Waals surface area contributed by atoms with Gasteiger partial charge in [0, 0.05) is 5.69 Å². The van der Waals surface area contributed by atoms with Gasteiger partial charge in [0.15, 0.2) is 11.5 Å². The Labute approximate surface area is 145 Å². The summed E-state index contributed by atoms with van der Waals surface area (Å²) in [6, 6.07) is 7.40. The van der Waals surface area contributed by atoms with Crippen LogP contribution in [0.5, 0.6) is 11.5 Å². The molecule has 0 saturated heterocycles. The first-order valence-corrected chi connectivity index (χ1v) is 7.95. The normalized spacial score (nSPS) is 15.6. The van der Waals surface area contributed by atoms with Gasteiger partial charge in [-0.3, -0.25) is 4.79 Å². The van der Waals surface area contributed by atoms with E-state index in [1.165, 1.54) is 7.11 Å². The molecule has 1 aromatic carbocycles. The zero-order valence-corrected chi connectivity index (χ0v) is 14.3. The number of amides is 1. The molecule has 0 radical (unpaired) electrons. The second-order valence-corrected chi connectivity index (χ2v) is 5.82. The van der Waals surface area contributed by atoms with Crippen LogP contribution in [-0.2, 0) is 4.74 Å². The molecule has 1 amide bonds. The smallest absolute Gasteiger partial charge is 0.339 e. The highest BCUT2D eigenvalue weighted by atomic mass is 16.6. The third-order valence-corrected chi connectivity index (χ3v) is 4.11. The third kappa shape index (κ3) is 3.31. The molecule has 3 rings (SSSR count). The van der Waals surface area contributed by atoms with E-state index >= 15 is 0 Å². The number of rotatable bonds is 4. The van der Waals surface area contributed by atoms with E-state index in [-0.39, 0.29) is 18.6 Å². The van der Waals surface area contributed by atoms with Gasteiger partial charge in [-0.15, -0.1) is 0 Å². The lowest BCUT2D eigenvalue weighted by molar-refractivity contribution is 0.0599. The maximum atomic E-state index is 12.4. The van der Waals surface area contributed by atoms with Crippen molar-refractivity contribution in [2.24, 2.45) is 0 Å². The van der Waals surface area contributed by atoms with Crippen molar-refractivity contribution in [2.75, 3.05) is 20.3 Å². The minimum atomic E-state index is -0.467. The summed E-state index contributed by atoms with van der Waals surface area (Å²) in [5.41, 5.74) is 1.89. The van der Waals surface area contributed by atoms with Gasteiger partial charge < -0.3 is 24.5 Å². The number of H-pyrrole nitrogens is 1. The first-order chi connectivity index (χ1) is 12.0. The van der Waals surface area contributed by atoms with Gasteiger partial charge in [0.1, 0.15) is 18.4 Å². The van der Waals surface area contributed by atoms with Crippen LogP contribution in [0.4, 0.5) is 0 Å². The third-order valence-electron chi connectivity index (χ3n) is 4.11. The number of aromatic nitrogens is 1. The number of esters is 1. The summed E-state index contributed by atoms with van der Waals surface area (Å²) >= 11 is 0. The van der Waals surface area contributed by atoms with Gasteiger partial charge in [0.2, 0.25) is 0 Å². The van der Waals surface area contributed by atoms with E-state index < -0.39 is 5.97 Å². The number of hydrogen-bond donors (Lipinski definition) is 2. The van der Waals surface area contributed by atoms with Crippen LogP contribution >= 0.6 is 0 Å². The minimum absolute atomic E-state index is 0.282. The van der Waals surface area contributed by atoms with Gasteiger partial charge in [-0.05, 0) is 31.5 Å². The number of ether oxygens (including phenoxy) is 3. The van der Waals surface area contributed by atoms with Crippen LogP contribution in [0.15, 0.2) is 24.3 Å². The van der Waals surface area contributed by atoms with Gasteiger partial charge in [-0.1, -0.05) is 12.1 Å². The molecular formula is C18H20N2O5. The first-order valence-electron chi connectivity index (χ1n) is 7.95. The predicted octanol–water partition coefficient (Wildman–Crippen LogP) is 1.99. The van der Waals surface area contributed by atoms with E-state index in [4.69, 9.17) is 14.2 Å². The predicted molar refractivity (Wildman–Crippen MR) is 90.3 cm³/mol. The van der Waals surface area contributed by atoms with Crippen molar-refractivity contribution in [2.45, 2.75) is 20.0 Å². The van der Waals surface area contributed by atoms with Crippen LogP contribution in [0, 0.1) is 13.8 Å². The number of aryl methyl sites for hydroxylation is 1. The zero-order chi connectivity index (χ0) is 18.0. The largest absolute Gasteiger partial charge is 0.486 e. The van der Waals surface area contributed by atoms with Crippen molar-refractivity contribution < 1.29 is 23.8 Å². The molecule has 0 bridgehead atoms. The van der Waals surface area contributed by atoms with Crippen LogP contribution in [0.2, 0.25) is 0 Å². The van der Waals surface area contributed by atoms with Crippen molar-refractivity contribution in [1.29, 1.82) is 0 Å². The summed E-state index contributed by atoms with van der Waals surface area (Å²) in [7, 11) is 1.31. The topological polar surface area (TPSA) is 89.7 Å². The molecule has 1 aromatic heterocycles. The summed E-state index contributed by atoms with van der Waals surface area (Å²) in [4.78, 5) is 27.2. The monoisotopic (exact) mass is 344 g/mol. The summed E-state index contributed by atoms with van der Waals surface area (Å²) in [5.74, 6) is 0.584. The van der Waals surface area contributed by atoms with Gasteiger partial charge in [0.25, 0.3) is 5.91 Å². The van der Waals surface area contributed by atoms with E-state index in [1.807, 2.05) is 24.3 Å². The molecule has 2 heterocycles. The lowest BCUT2D eigenvalue weighted by Crippen LogP contribution is -2.41. The SMILES string of the molecule is COC(=O)c1c(C)[nH]c(C(=O)NCC2COc3ccccc3O2)c1C. The van der Waals surface area contributed by atoms with E-state index in [2.05, 4.69) is 10.3 Å². The number of nitrogens with one attached hydrogen (secondary N) is 2. The molecule has 1 atom stereocenters. The number of fused-ring (bicyclic) bond motifs is 1. The molecule has 2 N–H and O–H groups in total. The maximum Gasteiger partial charge on any atom is 0.339 e. The molecule has 0 saturated carbocycles. The molecule has 1 unspecified atom stereocenters. The quantitative estimate of drug-likeness (QED) is 0.828. The van der Waals surface area contributed by atoms with Crippen LogP contribution in [0.1, 0.15) is 32.1 Å². The summed E-state index contributed by atoms with van der Waals surface area (Å²) < 4.78 is 16.2. The molecule has 2 aromatic rings. The van der Waals surface area contributed by atoms with Crippen molar-refractivity contribution >= 4 is 11.9 Å². The molecule has 0 spiro atoms. The summed E-state index contributed by atoms with van der Waals surface area (Å²) in [6.45, 7) is 4.08. The minimum Gasteiger partial charge on any atom is -0.486 e. The Morgan fingerprint density at radius 3 is 2.72 bits per heavy atom. The zero-order valence-electron chi connectivity index (χ0n) is 14.3. The number of hydrogen-bond acceptors (Lipinski definition) is 5. The number of benzene rings is 1. The number of aromatic amines is 1. The standard InChI is InChI=1S/C18H20N2O5/c1-10-15(18(22)23-3)11(2)20-16(10)17(21)19-8-12-9-24-13-6-4-5-7-14(13)25-12/h4-7,12,20H,8-9H2,1-3H3,(H,19,21). The van der Waals surface area contributed by atoms with E-state index in [0.29, 0.717) is 40.6 Å². The maximum absolute atomic E-state index is 12.4. The van der Waals surface area contributed by atoms with Crippen molar-refractivity contribution in [3.8, 4) is 11.5 Å². The molecule has 7 nitrogen and oxygen atoms in total. The Kier molecular flexibility index (Phi) is 4.65. The van der Waals surface area contributed by atoms with Gasteiger partial charge in [0.05, 0.1) is 19.2 Å². The Morgan fingerprint density at radius 2 is 2.00 bits per heavy atom. The highest BCUT2D eigenvalue weighted by Gasteiger charge is 2.25. The van der Waals surface area contributed by atoms with Crippen molar-refractivity contribution in [1.82, 2.24) is 10.3 Å². The highest BCUT2D eigenvalue weighted by molar-refractivity contribution is 6.00. The van der Waals surface area contributed by atoms with Crippen molar-refractivity contribution in [3.05, 3.63) is 46.8 Å². The van der Waals surface area contributed by atoms with Gasteiger partial charge >= 0.3 is 5.97 Å². The van der Waals surface area contributed by atoms with Crippen LogP contribution < -0.4 is 14.8 Å². The van der Waals surface area contributed by atoms with Crippen LogP contribution in [0.3, 0.4) is 0 Å². The van der Waals surface area contributed by atoms with E-state index in [0.717, 1.165) is 0 Å². The number of carbonyl (C=O) groups is 2. The van der Waals surface area contributed by atoms with Gasteiger partial charge in [-0.25, -0.2) is 4.79 Å². The molecule has 7 heteroatoms. The van der Waals surface area contributed by atoms with Crippen molar-refractivity contribution in [3.63, 3.8) is 0 Å². The summed E-state index contributed by atoms with van der Waals surface area (Å²) in [6.07, 6.45) is -0.282. The molecule has 0 fully saturated rings. The molecule has 1 aliphatic rings. The average molecular weight is 344 g/mol. The lowest BCUT2D eigenvalue weighted by atomic mass is 10.1. The fraction of sp³-hybridized carbons (Fsp3) is 0.333. The van der Waals surface area contributed by atoms with Crippen LogP contribution in [-0.4, -0.2) is 43.2 Å². The highest BCUT2D eigenvalue weighted by Crippen LogP contribution is 2.30. The average Bonchev–Trinajstić information content (AvgIpc) is 2.93. The molecule has 25 heavy (non-hydrogen) atoms. The molecule has 0 aliphatic carbocycles. The number of para-hydroxylation sites is 2. The summed E-state index contributed by atoms with van der Waals surface area (Å²) in [5, 5.41) is 2.81. The molecular weight excluding hydrogens is 324 g/mol. The van der Waals surface area contributed by atoms with E-state index in [9.17, 15) is 9.59 Å². The Balaban J connectivity index is 1.65. The van der Waals surface area contributed by atoms with Crippen LogP contribution in [0.25, 0.3) is 0 Å². The van der Waals surface area contributed by atoms with Gasteiger partial charge in [-0.2, -0.15) is 0 Å². The Hall–Kier alpha value is -2.96. The lowest BCUT2D eigenvalue weighted by Gasteiger charge is -2.26. The van der Waals surface area contributed by atoms with E-state index in [1.54, 1.807) is 13.8 Å².